The van der Waals surface area contributed by atoms with Crippen LogP contribution in [0.1, 0.15) is 33.6 Å². The SMILES string of the molecule is CC=CCC(C(C)=O)=C(CC=CC)C(=O)O. The van der Waals surface area contributed by atoms with Crippen molar-refractivity contribution < 1.29 is 14.7 Å². The molecule has 0 atom stereocenters. The van der Waals surface area contributed by atoms with Gasteiger partial charge in [-0.25, -0.2) is 4.79 Å². The van der Waals surface area contributed by atoms with Gasteiger partial charge in [0.25, 0.3) is 0 Å². The van der Waals surface area contributed by atoms with Gasteiger partial charge in [0.05, 0.1) is 0 Å². The maximum absolute atomic E-state index is 11.4. The molecule has 0 rings (SSSR count). The quantitative estimate of drug-likeness (QED) is 0.555. The van der Waals surface area contributed by atoms with E-state index in [0.29, 0.717) is 12.0 Å². The molecule has 0 aromatic heterocycles. The van der Waals surface area contributed by atoms with Crippen molar-refractivity contribution in [2.75, 3.05) is 0 Å². The molecule has 0 fully saturated rings. The van der Waals surface area contributed by atoms with Crippen molar-refractivity contribution in [2.24, 2.45) is 0 Å². The summed E-state index contributed by atoms with van der Waals surface area (Å²) in [5.74, 6) is -1.20. The lowest BCUT2D eigenvalue weighted by molar-refractivity contribution is -0.133. The smallest absolute Gasteiger partial charge is 0.332 e. The first-order chi connectivity index (χ1) is 7.54. The Morgan fingerprint density at radius 2 is 1.44 bits per heavy atom. The fraction of sp³-hybridized carbons (Fsp3) is 0.385. The normalized spacial score (nSPS) is 13.2. The summed E-state index contributed by atoms with van der Waals surface area (Å²) < 4.78 is 0. The van der Waals surface area contributed by atoms with E-state index in [1.54, 1.807) is 24.3 Å². The Balaban J connectivity index is 5.25. The molecule has 0 radical (unpaired) electrons. The van der Waals surface area contributed by atoms with Crippen molar-refractivity contribution in [3.8, 4) is 0 Å². The van der Waals surface area contributed by atoms with Gasteiger partial charge in [0.2, 0.25) is 0 Å². The topological polar surface area (TPSA) is 54.4 Å². The van der Waals surface area contributed by atoms with Crippen LogP contribution in [0.3, 0.4) is 0 Å². The molecule has 0 bridgehead atoms. The van der Waals surface area contributed by atoms with Crippen LogP contribution in [0.2, 0.25) is 0 Å². The summed E-state index contributed by atoms with van der Waals surface area (Å²) in [7, 11) is 0. The first kappa shape index (κ1) is 14.4. The van der Waals surface area contributed by atoms with Crippen molar-refractivity contribution in [1.82, 2.24) is 0 Å². The molecular formula is C13H18O3. The van der Waals surface area contributed by atoms with E-state index in [2.05, 4.69) is 0 Å². The van der Waals surface area contributed by atoms with Gasteiger partial charge in [-0.1, -0.05) is 24.3 Å². The van der Waals surface area contributed by atoms with Gasteiger partial charge >= 0.3 is 5.97 Å². The third kappa shape index (κ3) is 4.73. The van der Waals surface area contributed by atoms with E-state index in [-0.39, 0.29) is 17.8 Å². The molecule has 1 N–H and O–H groups in total. The highest BCUT2D eigenvalue weighted by Crippen LogP contribution is 2.16. The van der Waals surface area contributed by atoms with Crippen molar-refractivity contribution in [3.05, 3.63) is 35.5 Å². The molecule has 0 amide bonds. The second-order valence-corrected chi connectivity index (χ2v) is 3.36. The number of carbonyl (C=O) groups excluding carboxylic acids is 1. The first-order valence-electron chi connectivity index (χ1n) is 5.23. The van der Waals surface area contributed by atoms with E-state index in [1.807, 2.05) is 13.8 Å². The van der Waals surface area contributed by atoms with Crippen LogP contribution in [0, 0.1) is 0 Å². The Kier molecular flexibility index (Phi) is 6.84. The lowest BCUT2D eigenvalue weighted by atomic mass is 9.98. The minimum absolute atomic E-state index is 0.181. The van der Waals surface area contributed by atoms with Crippen LogP contribution in [0.5, 0.6) is 0 Å². The highest BCUT2D eigenvalue weighted by atomic mass is 16.4. The summed E-state index contributed by atoms with van der Waals surface area (Å²) in [6, 6.07) is 0. The van der Waals surface area contributed by atoms with E-state index in [4.69, 9.17) is 5.11 Å². The minimum Gasteiger partial charge on any atom is -0.478 e. The molecular weight excluding hydrogens is 204 g/mol. The zero-order valence-corrected chi connectivity index (χ0v) is 9.99. The molecule has 16 heavy (non-hydrogen) atoms. The zero-order valence-electron chi connectivity index (χ0n) is 9.99. The summed E-state index contributed by atoms with van der Waals surface area (Å²) in [5, 5.41) is 9.05. The largest absolute Gasteiger partial charge is 0.478 e. The number of hydrogen-bond acceptors (Lipinski definition) is 2. The lowest BCUT2D eigenvalue weighted by Crippen LogP contribution is -2.09. The highest BCUT2D eigenvalue weighted by Gasteiger charge is 2.15. The van der Waals surface area contributed by atoms with Crippen molar-refractivity contribution in [3.63, 3.8) is 0 Å². The van der Waals surface area contributed by atoms with Gasteiger partial charge in [0, 0.05) is 11.1 Å². The number of carbonyl (C=O) groups is 2. The first-order valence-corrected chi connectivity index (χ1v) is 5.23. The van der Waals surface area contributed by atoms with E-state index in [1.165, 1.54) is 6.92 Å². The maximum Gasteiger partial charge on any atom is 0.332 e. The molecule has 0 spiro atoms. The summed E-state index contributed by atoms with van der Waals surface area (Å²) >= 11 is 0. The van der Waals surface area contributed by atoms with E-state index < -0.39 is 5.97 Å². The van der Waals surface area contributed by atoms with Crippen LogP contribution in [-0.2, 0) is 9.59 Å². The number of ketones is 1. The van der Waals surface area contributed by atoms with Crippen molar-refractivity contribution in [2.45, 2.75) is 33.6 Å². The fourth-order valence-corrected chi connectivity index (χ4v) is 1.29. The maximum atomic E-state index is 11.4. The van der Waals surface area contributed by atoms with E-state index in [0.717, 1.165) is 0 Å². The zero-order chi connectivity index (χ0) is 12.6. The van der Waals surface area contributed by atoms with Crippen molar-refractivity contribution in [1.29, 1.82) is 0 Å². The van der Waals surface area contributed by atoms with Crippen LogP contribution in [-0.4, -0.2) is 16.9 Å². The molecule has 88 valence electrons. The molecule has 3 nitrogen and oxygen atoms in total. The predicted octanol–water partition coefficient (Wildman–Crippen LogP) is 2.89. The van der Waals surface area contributed by atoms with E-state index in [9.17, 15) is 9.59 Å². The van der Waals surface area contributed by atoms with Crippen LogP contribution >= 0.6 is 0 Å². The molecule has 0 saturated heterocycles. The number of carboxylic acid groups (broad SMARTS) is 1. The van der Waals surface area contributed by atoms with Gasteiger partial charge in [-0.3, -0.25) is 4.79 Å². The second-order valence-electron chi connectivity index (χ2n) is 3.36. The predicted molar refractivity (Wildman–Crippen MR) is 64.2 cm³/mol. The molecule has 0 aromatic carbocycles. The molecule has 0 saturated carbocycles. The Morgan fingerprint density at radius 1 is 1.00 bits per heavy atom. The van der Waals surface area contributed by atoms with Crippen LogP contribution in [0.25, 0.3) is 0 Å². The van der Waals surface area contributed by atoms with Gasteiger partial charge in [-0.2, -0.15) is 0 Å². The van der Waals surface area contributed by atoms with Gasteiger partial charge in [0.15, 0.2) is 5.78 Å². The Bertz CT molecular complexity index is 312. The molecule has 3 heteroatoms. The highest BCUT2D eigenvalue weighted by molar-refractivity contribution is 6.02. The molecule has 0 aliphatic heterocycles. The average molecular weight is 222 g/mol. The fourth-order valence-electron chi connectivity index (χ4n) is 1.29. The summed E-state index contributed by atoms with van der Waals surface area (Å²) in [5.41, 5.74) is 0.562. The Hall–Kier alpha value is -1.64. The summed E-state index contributed by atoms with van der Waals surface area (Å²) in [4.78, 5) is 22.4. The second kappa shape index (κ2) is 7.63. The van der Waals surface area contributed by atoms with Gasteiger partial charge < -0.3 is 5.11 Å². The summed E-state index contributed by atoms with van der Waals surface area (Å²) in [6.45, 7) is 5.06. The molecule has 0 aromatic rings. The number of hydrogen-bond donors (Lipinski definition) is 1. The number of carboxylic acids is 1. The number of rotatable bonds is 6. The average Bonchev–Trinajstić information content (AvgIpc) is 2.21. The molecule has 0 aliphatic rings. The Morgan fingerprint density at radius 3 is 1.75 bits per heavy atom. The lowest BCUT2D eigenvalue weighted by Gasteiger charge is -2.06. The van der Waals surface area contributed by atoms with Gasteiger partial charge in [-0.15, -0.1) is 0 Å². The number of Topliss-reactive ketones (excluding diaryl/α,β-unsaturated/α-hetero) is 1. The van der Waals surface area contributed by atoms with Crippen LogP contribution in [0.4, 0.5) is 0 Å². The molecule has 0 unspecified atom stereocenters. The van der Waals surface area contributed by atoms with Crippen LogP contribution in [0.15, 0.2) is 35.5 Å². The van der Waals surface area contributed by atoms with Crippen LogP contribution < -0.4 is 0 Å². The van der Waals surface area contributed by atoms with E-state index >= 15 is 0 Å². The van der Waals surface area contributed by atoms with Crippen molar-refractivity contribution >= 4 is 11.8 Å². The standard InChI is InChI=1S/C13H18O3/c1-4-6-8-11(10(3)14)12(13(15)16)9-7-5-2/h4-7H,8-9H2,1-3H3,(H,15,16). The van der Waals surface area contributed by atoms with Gasteiger partial charge in [-0.05, 0) is 33.6 Å². The molecule has 0 aliphatic carbocycles. The summed E-state index contributed by atoms with van der Waals surface area (Å²) in [6.07, 6.45) is 7.77. The number of aliphatic carboxylic acids is 1. The third-order valence-corrected chi connectivity index (χ3v) is 2.16. The third-order valence-electron chi connectivity index (χ3n) is 2.16. The molecule has 0 heterocycles. The Labute approximate surface area is 96.2 Å². The minimum atomic E-state index is -1.02. The number of allylic oxidation sites excluding steroid dienone is 5. The van der Waals surface area contributed by atoms with Gasteiger partial charge in [0.1, 0.15) is 0 Å². The monoisotopic (exact) mass is 222 g/mol.